The minimum atomic E-state index is -0.0106. The van der Waals surface area contributed by atoms with Gasteiger partial charge < -0.3 is 10.1 Å². The average Bonchev–Trinajstić information content (AvgIpc) is 2.50. The van der Waals surface area contributed by atoms with Crippen molar-refractivity contribution in [3.8, 4) is 5.75 Å². The number of aromatic nitrogens is 1. The first-order valence-corrected chi connectivity index (χ1v) is 7.58. The van der Waals surface area contributed by atoms with Gasteiger partial charge >= 0.3 is 0 Å². The second-order valence-electron chi connectivity index (χ2n) is 4.61. The molecule has 1 unspecified atom stereocenters. The largest absolute Gasteiger partial charge is 0.495 e. The highest BCUT2D eigenvalue weighted by molar-refractivity contribution is 6.36. The molecule has 2 aromatic rings. The lowest BCUT2D eigenvalue weighted by atomic mass is 10.0. The molecular formula is C16H18Cl2N2O. The van der Waals surface area contributed by atoms with Crippen LogP contribution in [-0.2, 0) is 6.42 Å². The third kappa shape index (κ3) is 3.88. The summed E-state index contributed by atoms with van der Waals surface area (Å²) >= 11 is 12.5. The summed E-state index contributed by atoms with van der Waals surface area (Å²) in [4.78, 5) is 4.45. The monoisotopic (exact) mass is 324 g/mol. The van der Waals surface area contributed by atoms with E-state index in [0.29, 0.717) is 16.5 Å². The standard InChI is InChI=1S/C16H18Cl2N2O/c1-3-19-14(16-15(21-2)8-5-9-20-16)10-11-12(17)6-4-7-13(11)18/h4-9,14,19H,3,10H2,1-2H3. The quantitative estimate of drug-likeness (QED) is 0.860. The van der Waals surface area contributed by atoms with Gasteiger partial charge in [-0.1, -0.05) is 36.2 Å². The van der Waals surface area contributed by atoms with Crippen molar-refractivity contribution in [3.05, 3.63) is 57.8 Å². The van der Waals surface area contributed by atoms with E-state index in [1.54, 1.807) is 13.3 Å². The van der Waals surface area contributed by atoms with Crippen LogP contribution in [0.1, 0.15) is 24.2 Å². The molecule has 1 heterocycles. The predicted molar refractivity (Wildman–Crippen MR) is 87.4 cm³/mol. The third-order valence-electron chi connectivity index (χ3n) is 3.27. The van der Waals surface area contributed by atoms with Crippen LogP contribution >= 0.6 is 23.2 Å². The number of hydrogen-bond acceptors (Lipinski definition) is 3. The Balaban J connectivity index is 2.35. The summed E-state index contributed by atoms with van der Waals surface area (Å²) in [6.07, 6.45) is 2.41. The molecule has 1 N–H and O–H groups in total. The summed E-state index contributed by atoms with van der Waals surface area (Å²) in [7, 11) is 1.64. The molecule has 0 bridgehead atoms. The Kier molecular flexibility index (Phi) is 5.85. The first-order chi connectivity index (χ1) is 10.2. The van der Waals surface area contributed by atoms with Crippen LogP contribution in [0.15, 0.2) is 36.5 Å². The van der Waals surface area contributed by atoms with Gasteiger partial charge in [0.1, 0.15) is 5.75 Å². The number of nitrogens with one attached hydrogen (secondary N) is 1. The van der Waals surface area contributed by atoms with E-state index in [9.17, 15) is 0 Å². The van der Waals surface area contributed by atoms with Crippen LogP contribution in [-0.4, -0.2) is 18.6 Å². The molecule has 0 amide bonds. The normalized spacial score (nSPS) is 12.2. The lowest BCUT2D eigenvalue weighted by Gasteiger charge is -2.20. The van der Waals surface area contributed by atoms with Gasteiger partial charge in [0.2, 0.25) is 0 Å². The van der Waals surface area contributed by atoms with Gasteiger partial charge in [-0.15, -0.1) is 0 Å². The van der Waals surface area contributed by atoms with Crippen molar-refractivity contribution < 1.29 is 4.74 Å². The Hall–Kier alpha value is -1.29. The highest BCUT2D eigenvalue weighted by Crippen LogP contribution is 2.31. The fraction of sp³-hybridized carbons (Fsp3) is 0.312. The second-order valence-corrected chi connectivity index (χ2v) is 5.42. The van der Waals surface area contributed by atoms with Gasteiger partial charge in [0, 0.05) is 16.2 Å². The number of halogens is 2. The number of benzene rings is 1. The summed E-state index contributed by atoms with van der Waals surface area (Å²) in [5.41, 5.74) is 1.78. The van der Waals surface area contributed by atoms with Crippen LogP contribution in [0, 0.1) is 0 Å². The van der Waals surface area contributed by atoms with Crippen molar-refractivity contribution in [2.45, 2.75) is 19.4 Å². The SMILES string of the molecule is CCNC(Cc1c(Cl)cccc1Cl)c1ncccc1OC. The smallest absolute Gasteiger partial charge is 0.141 e. The zero-order valence-electron chi connectivity index (χ0n) is 12.1. The Labute approximate surface area is 135 Å². The molecule has 2 rings (SSSR count). The van der Waals surface area contributed by atoms with Crippen molar-refractivity contribution in [2.24, 2.45) is 0 Å². The van der Waals surface area contributed by atoms with Gasteiger partial charge in [0.05, 0.1) is 18.8 Å². The molecule has 21 heavy (non-hydrogen) atoms. The molecular weight excluding hydrogens is 307 g/mol. The molecule has 0 fully saturated rings. The van der Waals surface area contributed by atoms with Crippen LogP contribution in [0.25, 0.3) is 0 Å². The molecule has 0 aliphatic carbocycles. The molecule has 1 aromatic carbocycles. The van der Waals surface area contributed by atoms with E-state index >= 15 is 0 Å². The van der Waals surface area contributed by atoms with Crippen LogP contribution in [0.4, 0.5) is 0 Å². The summed E-state index contributed by atoms with van der Waals surface area (Å²) in [5, 5.41) is 4.75. The first-order valence-electron chi connectivity index (χ1n) is 6.82. The lowest BCUT2D eigenvalue weighted by molar-refractivity contribution is 0.394. The first kappa shape index (κ1) is 16.1. The topological polar surface area (TPSA) is 34.2 Å². The van der Waals surface area contributed by atoms with E-state index in [1.165, 1.54) is 0 Å². The summed E-state index contributed by atoms with van der Waals surface area (Å²) in [6, 6.07) is 9.29. The number of pyridine rings is 1. The van der Waals surface area contributed by atoms with E-state index in [0.717, 1.165) is 23.6 Å². The van der Waals surface area contributed by atoms with E-state index < -0.39 is 0 Å². The minimum absolute atomic E-state index is 0.0106. The molecule has 112 valence electrons. The van der Waals surface area contributed by atoms with Crippen molar-refractivity contribution in [1.29, 1.82) is 0 Å². The van der Waals surface area contributed by atoms with E-state index in [4.69, 9.17) is 27.9 Å². The molecule has 0 saturated heterocycles. The van der Waals surface area contributed by atoms with Crippen LogP contribution in [0.2, 0.25) is 10.0 Å². The summed E-state index contributed by atoms with van der Waals surface area (Å²) in [5.74, 6) is 0.756. The van der Waals surface area contributed by atoms with Gasteiger partial charge in [-0.25, -0.2) is 0 Å². The van der Waals surface area contributed by atoms with Crippen molar-refractivity contribution in [2.75, 3.05) is 13.7 Å². The summed E-state index contributed by atoms with van der Waals surface area (Å²) < 4.78 is 5.40. The minimum Gasteiger partial charge on any atom is -0.495 e. The van der Waals surface area contributed by atoms with Gasteiger partial charge in [-0.05, 0) is 42.8 Å². The maximum absolute atomic E-state index is 6.27. The van der Waals surface area contributed by atoms with Gasteiger partial charge in [-0.3, -0.25) is 4.98 Å². The molecule has 0 spiro atoms. The van der Waals surface area contributed by atoms with Crippen LogP contribution in [0.5, 0.6) is 5.75 Å². The molecule has 3 nitrogen and oxygen atoms in total. The Morgan fingerprint density at radius 1 is 1.19 bits per heavy atom. The Morgan fingerprint density at radius 3 is 2.52 bits per heavy atom. The fourth-order valence-corrected chi connectivity index (χ4v) is 2.83. The highest BCUT2D eigenvalue weighted by atomic mass is 35.5. The van der Waals surface area contributed by atoms with E-state index in [-0.39, 0.29) is 6.04 Å². The second kappa shape index (κ2) is 7.64. The molecule has 1 aromatic heterocycles. The predicted octanol–water partition coefficient (Wildman–Crippen LogP) is 4.29. The molecule has 0 aliphatic rings. The molecule has 5 heteroatoms. The maximum atomic E-state index is 6.27. The number of rotatable bonds is 6. The average molecular weight is 325 g/mol. The lowest BCUT2D eigenvalue weighted by Crippen LogP contribution is -2.24. The third-order valence-corrected chi connectivity index (χ3v) is 3.98. The van der Waals surface area contributed by atoms with Crippen LogP contribution < -0.4 is 10.1 Å². The van der Waals surface area contributed by atoms with Crippen molar-refractivity contribution >= 4 is 23.2 Å². The fourth-order valence-electron chi connectivity index (χ4n) is 2.28. The number of ether oxygens (including phenoxy) is 1. The Morgan fingerprint density at radius 2 is 1.90 bits per heavy atom. The van der Waals surface area contributed by atoms with Crippen LogP contribution in [0.3, 0.4) is 0 Å². The molecule has 0 aliphatic heterocycles. The van der Waals surface area contributed by atoms with Crippen molar-refractivity contribution in [3.63, 3.8) is 0 Å². The summed E-state index contributed by atoms with van der Waals surface area (Å²) in [6.45, 7) is 2.86. The zero-order chi connectivity index (χ0) is 15.2. The number of methoxy groups -OCH3 is 1. The van der Waals surface area contributed by atoms with Gasteiger partial charge in [-0.2, -0.15) is 0 Å². The highest BCUT2D eigenvalue weighted by Gasteiger charge is 2.19. The zero-order valence-corrected chi connectivity index (χ0v) is 13.6. The maximum Gasteiger partial charge on any atom is 0.141 e. The molecule has 0 saturated carbocycles. The molecule has 0 radical (unpaired) electrons. The Bertz CT molecular complexity index is 584. The van der Waals surface area contributed by atoms with Gasteiger partial charge in [0.25, 0.3) is 0 Å². The van der Waals surface area contributed by atoms with Crippen molar-refractivity contribution in [1.82, 2.24) is 10.3 Å². The number of nitrogens with zero attached hydrogens (tertiary/aromatic N) is 1. The van der Waals surface area contributed by atoms with E-state index in [1.807, 2.05) is 30.3 Å². The molecule has 1 atom stereocenters. The van der Waals surface area contributed by atoms with Gasteiger partial charge in [0.15, 0.2) is 0 Å². The number of hydrogen-bond donors (Lipinski definition) is 1. The number of likely N-dealkylation sites (N-methyl/N-ethyl adjacent to an activating group) is 1. The van der Waals surface area contributed by atoms with E-state index in [2.05, 4.69) is 17.2 Å².